The summed E-state index contributed by atoms with van der Waals surface area (Å²) in [6.45, 7) is 9.57. The van der Waals surface area contributed by atoms with Crippen LogP contribution in [0.25, 0.3) is 22.5 Å². The number of aryl methyl sites for hydroxylation is 2. The summed E-state index contributed by atoms with van der Waals surface area (Å²) in [6.07, 6.45) is -3.55. The quantitative estimate of drug-likeness (QED) is 0.0626. The summed E-state index contributed by atoms with van der Waals surface area (Å²) >= 11 is 0. The van der Waals surface area contributed by atoms with E-state index in [4.69, 9.17) is 26.1 Å². The standard InChI is InChI=1S/C52H67N9O11S.2H2S/c1-29-19-44(66)48(61(7)51(68)35(26-57-73(56,69)70)23-43(65)47-30(2)58-49(59-31(47)3)33-11-14-36(15-12-33)52(4,5)6)34-13-17-46(72-28-38(63)25-55)40(22-34)39-20-32(10-16-45(39)71-27-37(62)24-54)21-41(60-50(29)67)42(64)9-8-18-53;;/h10-17,20,22,29,35,37-38,41,48,57,62-63H,8-9,19,21,23-28,54-55H2,1-7H3,(H,60,67)(H2,56,69,70);2*1H2/t29-,35+,37+,38+,41+,48+;;/m1../s1. The maximum atomic E-state index is 15.0. The van der Waals surface area contributed by atoms with E-state index in [0.29, 0.717) is 33.9 Å². The second-order valence-corrected chi connectivity index (χ2v) is 20.8. The third kappa shape index (κ3) is 17.1. The molecule has 4 bridgehead atoms. The molecule has 0 saturated heterocycles. The first-order valence-electron chi connectivity index (χ1n) is 23.9. The Labute approximate surface area is 452 Å². The van der Waals surface area contributed by atoms with Crippen molar-refractivity contribution in [3.05, 3.63) is 94.3 Å². The lowest BCUT2D eigenvalue weighted by molar-refractivity contribution is -0.142. The Hall–Kier alpha value is -5.81. The summed E-state index contributed by atoms with van der Waals surface area (Å²) in [5.41, 5.74) is 15.1. The number of amides is 2. The molecule has 2 heterocycles. The highest BCUT2D eigenvalue weighted by Gasteiger charge is 2.37. The first-order valence-corrected chi connectivity index (χ1v) is 25.4. The van der Waals surface area contributed by atoms with Gasteiger partial charge in [0.1, 0.15) is 43.0 Å². The highest BCUT2D eigenvalue weighted by molar-refractivity contribution is 7.87. The lowest BCUT2D eigenvalue weighted by atomic mass is 9.86. The lowest BCUT2D eigenvalue weighted by Crippen LogP contribution is -2.46. The molecule has 1 aromatic heterocycles. The molecule has 2 amide bonds. The number of rotatable bonds is 20. The number of carbonyl (C=O) groups excluding carboxylic acids is 5. The number of likely N-dealkylation sites (N-methyl/N-ethyl adjacent to an activating group) is 1. The highest BCUT2D eigenvalue weighted by Crippen LogP contribution is 2.41. The predicted octanol–water partition coefficient (Wildman–Crippen LogP) is 3.04. The minimum absolute atomic E-state index is 0. The number of benzene rings is 3. The Morgan fingerprint density at radius 1 is 0.907 bits per heavy atom. The molecule has 10 N–H and O–H groups in total. The van der Waals surface area contributed by atoms with Crippen LogP contribution in [0.5, 0.6) is 11.5 Å². The molecule has 0 fully saturated rings. The summed E-state index contributed by atoms with van der Waals surface area (Å²) in [5.74, 6) is -5.02. The van der Waals surface area contributed by atoms with Crippen LogP contribution < -0.4 is 36.1 Å². The average Bonchev–Trinajstić information content (AvgIpc) is 3.34. The van der Waals surface area contributed by atoms with Crippen LogP contribution >= 0.6 is 27.0 Å². The van der Waals surface area contributed by atoms with Crippen molar-refractivity contribution in [1.82, 2.24) is 24.9 Å². The van der Waals surface area contributed by atoms with E-state index in [1.54, 1.807) is 38.1 Å². The summed E-state index contributed by atoms with van der Waals surface area (Å²) in [7, 11) is -3.12. The molecule has 0 aliphatic carbocycles. The van der Waals surface area contributed by atoms with Crippen LogP contribution in [0.1, 0.15) is 97.9 Å². The van der Waals surface area contributed by atoms with Crippen molar-refractivity contribution in [3.8, 4) is 40.1 Å². The van der Waals surface area contributed by atoms with Gasteiger partial charge in [-0.15, -0.1) is 0 Å². The van der Waals surface area contributed by atoms with Crippen LogP contribution in [-0.2, 0) is 41.2 Å². The summed E-state index contributed by atoms with van der Waals surface area (Å²) in [6, 6.07) is 16.5. The minimum Gasteiger partial charge on any atom is -0.490 e. The van der Waals surface area contributed by atoms with Crippen LogP contribution in [0.4, 0.5) is 0 Å². The second-order valence-electron chi connectivity index (χ2n) is 19.4. The predicted molar refractivity (Wildman–Crippen MR) is 293 cm³/mol. The number of fused-ring (bicyclic) bond motifs is 5. The van der Waals surface area contributed by atoms with E-state index in [2.05, 4.69) is 40.8 Å². The molecule has 4 aromatic rings. The number of nitrogens with one attached hydrogen (secondary N) is 2. The third-order valence-corrected chi connectivity index (χ3v) is 13.1. The topological polar surface area (TPSA) is 333 Å². The Kier molecular flexibility index (Phi) is 23.5. The minimum atomic E-state index is -4.43. The number of hydrogen-bond donors (Lipinski definition) is 7. The molecule has 408 valence electrons. The van der Waals surface area contributed by atoms with E-state index in [0.717, 1.165) is 10.5 Å². The number of Topliss-reactive ketones (excluding diaryl/α,β-unsaturated/α-hetero) is 3. The highest BCUT2D eigenvalue weighted by atomic mass is 32.2. The summed E-state index contributed by atoms with van der Waals surface area (Å²) in [4.78, 5) is 82.1. The monoisotopic (exact) mass is 1090 g/mol. The largest absolute Gasteiger partial charge is 0.490 e. The first kappa shape index (κ1) is 63.5. The zero-order valence-electron chi connectivity index (χ0n) is 43.3. The maximum Gasteiger partial charge on any atom is 0.274 e. The summed E-state index contributed by atoms with van der Waals surface area (Å²) < 4.78 is 39.0. The van der Waals surface area contributed by atoms with Gasteiger partial charge in [-0.2, -0.15) is 40.7 Å². The molecule has 0 spiro atoms. The molecule has 1 aliphatic rings. The van der Waals surface area contributed by atoms with Gasteiger partial charge in [-0.1, -0.05) is 64.1 Å². The van der Waals surface area contributed by atoms with Gasteiger partial charge in [0, 0.05) is 75.0 Å². The smallest absolute Gasteiger partial charge is 0.274 e. The Morgan fingerprint density at radius 3 is 2.00 bits per heavy atom. The Balaban J connectivity index is 0.00000741. The van der Waals surface area contributed by atoms with Crippen LogP contribution in [0.3, 0.4) is 0 Å². The van der Waals surface area contributed by atoms with E-state index in [9.17, 15) is 43.1 Å². The number of ether oxygens (including phenoxy) is 2. The number of hydrogen-bond acceptors (Lipinski definition) is 16. The van der Waals surface area contributed by atoms with Crippen LogP contribution in [0.15, 0.2) is 60.7 Å². The molecule has 0 saturated carbocycles. The van der Waals surface area contributed by atoms with Gasteiger partial charge in [-0.05, 0) is 66.6 Å². The van der Waals surface area contributed by atoms with Gasteiger partial charge in [0.2, 0.25) is 11.8 Å². The molecule has 3 aromatic carbocycles. The molecule has 5 rings (SSSR count). The Morgan fingerprint density at radius 2 is 1.47 bits per heavy atom. The number of nitrogens with two attached hydrogens (primary N) is 3. The van der Waals surface area contributed by atoms with Crippen LogP contribution in [-0.4, -0.2) is 121 Å². The fourth-order valence-corrected chi connectivity index (χ4v) is 8.89. The van der Waals surface area contributed by atoms with Crippen molar-refractivity contribution in [2.75, 3.05) is 39.9 Å². The van der Waals surface area contributed by atoms with Gasteiger partial charge in [0.05, 0.1) is 35.0 Å². The van der Waals surface area contributed by atoms with E-state index in [-0.39, 0.29) is 106 Å². The zero-order chi connectivity index (χ0) is 53.9. The molecule has 6 atom stereocenters. The normalized spacial score (nSPS) is 17.1. The molecule has 75 heavy (non-hydrogen) atoms. The van der Waals surface area contributed by atoms with Crippen molar-refractivity contribution in [2.24, 2.45) is 28.4 Å². The molecule has 0 unspecified atom stereocenters. The molecular weight excluding hydrogens is 1020 g/mol. The fourth-order valence-electron chi connectivity index (χ4n) is 8.46. The zero-order valence-corrected chi connectivity index (χ0v) is 46.1. The maximum absolute atomic E-state index is 15.0. The van der Waals surface area contributed by atoms with E-state index >= 15 is 4.79 Å². The van der Waals surface area contributed by atoms with Crippen molar-refractivity contribution >= 4 is 66.4 Å². The number of ketones is 3. The SMILES string of the molecule is Cc1nc(-c2ccc(C(C)(C)C)cc2)nc(C)c1C(=O)C[C@@H](CNS(N)(=O)=O)C(=O)N(C)[C@@H]1C(=O)C[C@@H](C)C(=O)N[C@H](C(=O)CCC#N)Cc2ccc(OC[C@@H](O)CN)c(c2)-c2cc1ccc2OC[C@@H](O)CN.S.S. The third-order valence-electron chi connectivity index (χ3n) is 12.6. The fraction of sp³-hybridized carbons (Fsp3) is 0.462. The van der Waals surface area contributed by atoms with Crippen molar-refractivity contribution in [1.29, 1.82) is 5.26 Å². The van der Waals surface area contributed by atoms with Gasteiger partial charge >= 0.3 is 0 Å². The number of nitrogens with zero attached hydrogens (tertiary/aromatic N) is 4. The molecule has 1 aliphatic heterocycles. The van der Waals surface area contributed by atoms with E-state index in [1.165, 1.54) is 26.1 Å². The number of aromatic nitrogens is 2. The van der Waals surface area contributed by atoms with Crippen molar-refractivity contribution < 1.29 is 52.1 Å². The number of carbonyl (C=O) groups is 5. The van der Waals surface area contributed by atoms with Crippen LogP contribution in [0, 0.1) is 37.0 Å². The van der Waals surface area contributed by atoms with Crippen LogP contribution in [0.2, 0.25) is 0 Å². The lowest BCUT2D eigenvalue weighted by Gasteiger charge is -2.32. The number of aliphatic hydroxyl groups excluding tert-OH is 2. The first-order chi connectivity index (χ1) is 34.3. The number of aliphatic hydroxyl groups is 2. The Bertz CT molecular complexity index is 2820. The van der Waals surface area contributed by atoms with Crippen molar-refractivity contribution in [3.63, 3.8) is 0 Å². The summed E-state index contributed by atoms with van der Waals surface area (Å²) in [5, 5.41) is 38.3. The van der Waals surface area contributed by atoms with E-state index < -0.39 is 94.9 Å². The van der Waals surface area contributed by atoms with Gasteiger partial charge in [0.25, 0.3) is 10.2 Å². The molecule has 0 radical (unpaired) electrons. The van der Waals surface area contributed by atoms with Crippen molar-refractivity contribution in [2.45, 2.75) is 103 Å². The van der Waals surface area contributed by atoms with E-state index in [1.807, 2.05) is 30.3 Å². The van der Waals surface area contributed by atoms with Gasteiger partial charge in [-0.25, -0.2) is 19.8 Å². The van der Waals surface area contributed by atoms with Gasteiger partial charge in [0.15, 0.2) is 23.2 Å². The van der Waals surface area contributed by atoms with Gasteiger partial charge < -0.3 is 41.4 Å². The average molecular weight is 1090 g/mol. The van der Waals surface area contributed by atoms with Gasteiger partial charge in [-0.3, -0.25) is 24.0 Å². The number of nitriles is 1. The second kappa shape index (κ2) is 27.8. The molecular formula is C52H71N9O11S3. The molecule has 23 heteroatoms. The molecule has 20 nitrogen and oxygen atoms in total.